The van der Waals surface area contributed by atoms with E-state index in [0.29, 0.717) is 18.6 Å². The molecular formula is C20H39N7O6S. The third-order valence-electron chi connectivity index (χ3n) is 5.13. The number of aliphatic imine (C=N–C) groups is 1. The van der Waals surface area contributed by atoms with Crippen molar-refractivity contribution in [1.82, 2.24) is 16.0 Å². The van der Waals surface area contributed by atoms with E-state index in [0.717, 1.165) is 0 Å². The number of rotatable bonds is 17. The third kappa shape index (κ3) is 12.0. The molecular weight excluding hydrogens is 466 g/mol. The first-order valence-corrected chi connectivity index (χ1v) is 12.4. The smallest absolute Gasteiger partial charge is 0.326 e. The lowest BCUT2D eigenvalue weighted by Gasteiger charge is -2.27. The van der Waals surface area contributed by atoms with Gasteiger partial charge in [-0.05, 0) is 37.2 Å². The minimum absolute atomic E-state index is 0.0889. The van der Waals surface area contributed by atoms with Crippen LogP contribution in [0.15, 0.2) is 4.99 Å². The highest BCUT2D eigenvalue weighted by atomic mass is 32.2. The Kier molecular flexibility index (Phi) is 15.7. The second kappa shape index (κ2) is 16.9. The van der Waals surface area contributed by atoms with E-state index in [1.807, 2.05) is 13.2 Å². The molecule has 5 atom stereocenters. The molecule has 0 fully saturated rings. The fourth-order valence-electron chi connectivity index (χ4n) is 2.84. The summed E-state index contributed by atoms with van der Waals surface area (Å²) in [6.07, 6.45) is 3.04. The quantitative estimate of drug-likeness (QED) is 0.0597. The largest absolute Gasteiger partial charge is 0.480 e. The number of carboxylic acids is 1. The van der Waals surface area contributed by atoms with E-state index >= 15 is 0 Å². The molecule has 0 aromatic rings. The van der Waals surface area contributed by atoms with Gasteiger partial charge in [-0.15, -0.1) is 0 Å². The number of aliphatic hydroxyl groups excluding tert-OH is 1. The molecule has 5 unspecified atom stereocenters. The molecule has 0 aliphatic heterocycles. The van der Waals surface area contributed by atoms with Crippen LogP contribution in [0.2, 0.25) is 0 Å². The van der Waals surface area contributed by atoms with Gasteiger partial charge in [-0.2, -0.15) is 11.8 Å². The first kappa shape index (κ1) is 31.4. The number of carbonyl (C=O) groups excluding carboxylic acids is 3. The number of hydrogen-bond donors (Lipinski definition) is 8. The second-order valence-corrected chi connectivity index (χ2v) is 8.84. The predicted octanol–water partition coefficient (Wildman–Crippen LogP) is -2.30. The molecule has 0 rings (SSSR count). The van der Waals surface area contributed by atoms with Crippen molar-refractivity contribution in [2.24, 2.45) is 28.1 Å². The highest BCUT2D eigenvalue weighted by Gasteiger charge is 2.32. The van der Waals surface area contributed by atoms with Gasteiger partial charge in [0.1, 0.15) is 24.2 Å². The Hall–Kier alpha value is -2.58. The Morgan fingerprint density at radius 3 is 2.12 bits per heavy atom. The van der Waals surface area contributed by atoms with E-state index in [9.17, 15) is 24.3 Å². The topological polar surface area (TPSA) is 235 Å². The molecule has 0 aliphatic rings. The summed E-state index contributed by atoms with van der Waals surface area (Å²) in [5.41, 5.74) is 16.0. The summed E-state index contributed by atoms with van der Waals surface area (Å²) in [4.78, 5) is 53.4. The van der Waals surface area contributed by atoms with E-state index in [4.69, 9.17) is 22.3 Å². The van der Waals surface area contributed by atoms with E-state index in [1.165, 1.54) is 11.8 Å². The molecule has 0 radical (unpaired) electrons. The average Bonchev–Trinajstić information content (AvgIpc) is 2.79. The van der Waals surface area contributed by atoms with Gasteiger partial charge in [-0.25, -0.2) is 4.79 Å². The number of carboxylic acid groups (broad SMARTS) is 1. The molecule has 3 amide bonds. The van der Waals surface area contributed by atoms with E-state index in [1.54, 1.807) is 6.92 Å². The molecule has 0 aromatic heterocycles. The molecule has 196 valence electrons. The van der Waals surface area contributed by atoms with Crippen LogP contribution in [-0.4, -0.2) is 89.2 Å². The average molecular weight is 506 g/mol. The van der Waals surface area contributed by atoms with Crippen molar-refractivity contribution >= 4 is 41.4 Å². The molecule has 0 aromatic carbocycles. The van der Waals surface area contributed by atoms with Crippen LogP contribution in [-0.2, 0) is 19.2 Å². The summed E-state index contributed by atoms with van der Waals surface area (Å²) in [5.74, 6) is -3.06. The van der Waals surface area contributed by atoms with Crippen molar-refractivity contribution in [1.29, 1.82) is 0 Å². The maximum Gasteiger partial charge on any atom is 0.326 e. The minimum atomic E-state index is -1.23. The number of carbonyl (C=O) groups is 4. The van der Waals surface area contributed by atoms with Gasteiger partial charge in [0, 0.05) is 6.54 Å². The Balaban J connectivity index is 5.41. The maximum atomic E-state index is 13.0. The van der Waals surface area contributed by atoms with Gasteiger partial charge < -0.3 is 43.4 Å². The van der Waals surface area contributed by atoms with Crippen LogP contribution in [0.1, 0.15) is 39.5 Å². The zero-order chi connectivity index (χ0) is 26.3. The lowest BCUT2D eigenvalue weighted by atomic mass is 9.97. The van der Waals surface area contributed by atoms with Crippen LogP contribution >= 0.6 is 11.8 Å². The number of hydrogen-bond acceptors (Lipinski definition) is 8. The van der Waals surface area contributed by atoms with E-state index < -0.39 is 54.5 Å². The van der Waals surface area contributed by atoms with Gasteiger partial charge in [0.2, 0.25) is 17.7 Å². The molecule has 13 nitrogen and oxygen atoms in total. The molecule has 0 saturated heterocycles. The summed E-state index contributed by atoms with van der Waals surface area (Å²) in [5, 5.41) is 26.2. The van der Waals surface area contributed by atoms with Crippen LogP contribution in [0.25, 0.3) is 0 Å². The number of aliphatic hydroxyl groups is 1. The van der Waals surface area contributed by atoms with E-state index in [-0.39, 0.29) is 31.3 Å². The van der Waals surface area contributed by atoms with Crippen LogP contribution in [0, 0.1) is 5.92 Å². The number of thioether (sulfide) groups is 1. The molecule has 34 heavy (non-hydrogen) atoms. The number of nitrogens with two attached hydrogens (primary N) is 3. The van der Waals surface area contributed by atoms with Gasteiger partial charge in [-0.3, -0.25) is 19.4 Å². The second-order valence-electron chi connectivity index (χ2n) is 7.85. The van der Waals surface area contributed by atoms with Crippen molar-refractivity contribution in [2.75, 3.05) is 25.2 Å². The fourth-order valence-corrected chi connectivity index (χ4v) is 3.32. The summed E-state index contributed by atoms with van der Waals surface area (Å²) in [6, 6.07) is -4.39. The zero-order valence-electron chi connectivity index (χ0n) is 20.0. The molecule has 0 saturated carbocycles. The summed E-state index contributed by atoms with van der Waals surface area (Å²) in [6.45, 7) is 3.21. The van der Waals surface area contributed by atoms with Gasteiger partial charge >= 0.3 is 5.97 Å². The number of aliphatic carboxylic acids is 1. The highest BCUT2D eigenvalue weighted by molar-refractivity contribution is 7.98. The number of nitrogens with zero attached hydrogens (tertiary/aromatic N) is 1. The summed E-state index contributed by atoms with van der Waals surface area (Å²) < 4.78 is 0. The van der Waals surface area contributed by atoms with Crippen molar-refractivity contribution in [3.63, 3.8) is 0 Å². The fraction of sp³-hybridized carbons (Fsp3) is 0.750. The standard InChI is InChI=1S/C20H39N7O6S/c1-4-11(2)15(27-16(29)12(21)10-28)18(31)25-13(7-9-34-3)17(30)26-14(19(32)33)6-5-8-24-20(22)23/h11-15,28H,4-10,21H2,1-3H3,(H,25,31)(H,26,30)(H,27,29)(H,32,33)(H4,22,23,24). The van der Waals surface area contributed by atoms with Gasteiger partial charge in [0.15, 0.2) is 5.96 Å². The molecule has 0 spiro atoms. The highest BCUT2D eigenvalue weighted by Crippen LogP contribution is 2.10. The van der Waals surface area contributed by atoms with Gasteiger partial charge in [-0.1, -0.05) is 20.3 Å². The summed E-state index contributed by atoms with van der Waals surface area (Å²) in [7, 11) is 0. The maximum absolute atomic E-state index is 13.0. The molecule has 14 heteroatoms. The molecule has 0 heterocycles. The normalized spacial score (nSPS) is 15.2. The molecule has 0 aliphatic carbocycles. The SMILES string of the molecule is CCC(C)C(NC(=O)C(N)CO)C(=O)NC(CCSC)C(=O)NC(CCCN=C(N)N)C(=O)O. The Morgan fingerprint density at radius 1 is 1.00 bits per heavy atom. The Bertz CT molecular complexity index is 705. The van der Waals surface area contributed by atoms with Gasteiger partial charge in [0.25, 0.3) is 0 Å². The molecule has 11 N–H and O–H groups in total. The van der Waals surface area contributed by atoms with Crippen LogP contribution in [0.4, 0.5) is 0 Å². The number of nitrogens with one attached hydrogen (secondary N) is 3. The zero-order valence-corrected chi connectivity index (χ0v) is 20.8. The van der Waals surface area contributed by atoms with Gasteiger partial charge in [0.05, 0.1) is 6.61 Å². The van der Waals surface area contributed by atoms with Crippen LogP contribution < -0.4 is 33.2 Å². The van der Waals surface area contributed by atoms with Crippen molar-refractivity contribution in [2.45, 2.75) is 63.7 Å². The Labute approximate surface area is 204 Å². The lowest BCUT2D eigenvalue weighted by molar-refractivity contribution is -0.142. The molecule has 0 bridgehead atoms. The van der Waals surface area contributed by atoms with Crippen molar-refractivity contribution < 1.29 is 29.4 Å². The lowest BCUT2D eigenvalue weighted by Crippen LogP contribution is -2.59. The van der Waals surface area contributed by atoms with Crippen molar-refractivity contribution in [3.05, 3.63) is 0 Å². The van der Waals surface area contributed by atoms with Crippen LogP contribution in [0.3, 0.4) is 0 Å². The summed E-state index contributed by atoms with van der Waals surface area (Å²) >= 11 is 1.46. The van der Waals surface area contributed by atoms with Crippen LogP contribution in [0.5, 0.6) is 0 Å². The number of amides is 3. The number of guanidine groups is 1. The van der Waals surface area contributed by atoms with Crippen molar-refractivity contribution in [3.8, 4) is 0 Å². The third-order valence-corrected chi connectivity index (χ3v) is 5.77. The minimum Gasteiger partial charge on any atom is -0.480 e. The monoisotopic (exact) mass is 505 g/mol. The first-order chi connectivity index (χ1) is 16.0. The first-order valence-electron chi connectivity index (χ1n) is 11.0. The predicted molar refractivity (Wildman–Crippen MR) is 131 cm³/mol. The Morgan fingerprint density at radius 2 is 1.62 bits per heavy atom. The van der Waals surface area contributed by atoms with E-state index in [2.05, 4.69) is 20.9 Å².